The van der Waals surface area contributed by atoms with Crippen LogP contribution >= 0.6 is 0 Å². The van der Waals surface area contributed by atoms with Crippen molar-refractivity contribution in [1.82, 2.24) is 15.1 Å². The fourth-order valence-corrected chi connectivity index (χ4v) is 4.17. The minimum atomic E-state index is 0.0413. The number of piperidine rings is 1. The first kappa shape index (κ1) is 16.6. The zero-order valence-electron chi connectivity index (χ0n) is 15.2. The molecule has 1 aromatic carbocycles. The molecule has 1 unspecified atom stereocenters. The lowest BCUT2D eigenvalue weighted by molar-refractivity contribution is 0.118. The number of rotatable bonds is 4. The normalized spacial score (nSPS) is 25.0. The molecule has 3 fully saturated rings. The van der Waals surface area contributed by atoms with Gasteiger partial charge in [-0.2, -0.15) is 0 Å². The highest BCUT2D eigenvalue weighted by Gasteiger charge is 2.27. The van der Waals surface area contributed by atoms with E-state index in [1.807, 2.05) is 11.9 Å². The van der Waals surface area contributed by atoms with E-state index < -0.39 is 0 Å². The molecule has 4 rings (SSSR count). The van der Waals surface area contributed by atoms with Crippen LogP contribution in [0.5, 0.6) is 0 Å². The van der Waals surface area contributed by atoms with E-state index in [1.54, 1.807) is 5.57 Å². The van der Waals surface area contributed by atoms with Crippen LogP contribution in [0.2, 0.25) is 0 Å². The van der Waals surface area contributed by atoms with Crippen molar-refractivity contribution in [3.05, 3.63) is 41.0 Å². The summed E-state index contributed by atoms with van der Waals surface area (Å²) in [6, 6.07) is 10.1. The van der Waals surface area contributed by atoms with Crippen LogP contribution in [0, 0.1) is 0 Å². The van der Waals surface area contributed by atoms with Crippen LogP contribution in [-0.2, 0) is 6.42 Å². The van der Waals surface area contributed by atoms with Gasteiger partial charge in [0.1, 0.15) is 0 Å². The van der Waals surface area contributed by atoms with Gasteiger partial charge in [0.15, 0.2) is 0 Å². The summed E-state index contributed by atoms with van der Waals surface area (Å²) < 4.78 is 0. The molecule has 2 aliphatic heterocycles. The lowest BCUT2D eigenvalue weighted by Crippen LogP contribution is -2.43. The SMILES string of the molecule is CN1C(=O)NCC1Cc1ccc(C=C2CCN(C3CCC3)CC2)cc1. The molecular formula is C21H29N3O. The van der Waals surface area contributed by atoms with Crippen molar-refractivity contribution in [3.63, 3.8) is 0 Å². The van der Waals surface area contributed by atoms with E-state index in [9.17, 15) is 4.79 Å². The van der Waals surface area contributed by atoms with E-state index >= 15 is 0 Å². The highest BCUT2D eigenvalue weighted by atomic mass is 16.2. The molecule has 1 saturated carbocycles. The van der Waals surface area contributed by atoms with Gasteiger partial charge in [0.25, 0.3) is 0 Å². The first-order valence-corrected chi connectivity index (χ1v) is 9.72. The molecule has 0 bridgehead atoms. The molecule has 1 aromatic rings. The maximum atomic E-state index is 11.5. The number of hydrogen-bond donors (Lipinski definition) is 1. The van der Waals surface area contributed by atoms with Gasteiger partial charge in [-0.1, -0.05) is 42.3 Å². The molecule has 134 valence electrons. The Bertz CT molecular complexity index is 638. The molecular weight excluding hydrogens is 310 g/mol. The number of hydrogen-bond acceptors (Lipinski definition) is 2. The summed E-state index contributed by atoms with van der Waals surface area (Å²) >= 11 is 0. The van der Waals surface area contributed by atoms with Crippen molar-refractivity contribution in [2.24, 2.45) is 0 Å². The highest BCUT2D eigenvalue weighted by molar-refractivity contribution is 5.76. The second-order valence-corrected chi connectivity index (χ2v) is 7.82. The van der Waals surface area contributed by atoms with Gasteiger partial charge in [-0.3, -0.25) is 4.90 Å². The van der Waals surface area contributed by atoms with E-state index in [2.05, 4.69) is 40.6 Å². The van der Waals surface area contributed by atoms with Gasteiger partial charge in [0.05, 0.1) is 6.04 Å². The van der Waals surface area contributed by atoms with Crippen molar-refractivity contribution >= 4 is 12.1 Å². The zero-order valence-corrected chi connectivity index (χ0v) is 15.2. The van der Waals surface area contributed by atoms with Gasteiger partial charge in [0.2, 0.25) is 0 Å². The van der Waals surface area contributed by atoms with Crippen molar-refractivity contribution in [2.45, 2.75) is 50.6 Å². The van der Waals surface area contributed by atoms with Gasteiger partial charge in [-0.15, -0.1) is 0 Å². The van der Waals surface area contributed by atoms with Crippen LogP contribution in [0.25, 0.3) is 6.08 Å². The Morgan fingerprint density at radius 3 is 2.44 bits per heavy atom. The smallest absolute Gasteiger partial charge is 0.317 e. The molecule has 25 heavy (non-hydrogen) atoms. The van der Waals surface area contributed by atoms with Gasteiger partial charge in [-0.25, -0.2) is 4.79 Å². The predicted octanol–water partition coefficient (Wildman–Crippen LogP) is 3.28. The highest BCUT2D eigenvalue weighted by Crippen LogP contribution is 2.29. The van der Waals surface area contributed by atoms with Crippen LogP contribution in [0.15, 0.2) is 29.8 Å². The number of carbonyl (C=O) groups is 1. The Morgan fingerprint density at radius 2 is 1.88 bits per heavy atom. The molecule has 1 atom stereocenters. The third-order valence-electron chi connectivity index (χ3n) is 6.21. The summed E-state index contributed by atoms with van der Waals surface area (Å²) in [6.45, 7) is 3.23. The summed E-state index contributed by atoms with van der Waals surface area (Å²) in [7, 11) is 1.88. The number of amides is 2. The van der Waals surface area contributed by atoms with Gasteiger partial charge in [-0.05, 0) is 43.2 Å². The van der Waals surface area contributed by atoms with Crippen molar-refractivity contribution in [3.8, 4) is 0 Å². The Kier molecular flexibility index (Phi) is 4.80. The molecule has 4 heteroatoms. The van der Waals surface area contributed by atoms with Crippen molar-refractivity contribution < 1.29 is 4.79 Å². The van der Waals surface area contributed by atoms with Crippen LogP contribution in [-0.4, -0.2) is 54.6 Å². The Labute approximate surface area is 150 Å². The number of carbonyl (C=O) groups excluding carboxylic acids is 1. The summed E-state index contributed by atoms with van der Waals surface area (Å²) in [6.07, 6.45) is 10.0. The Balaban J connectivity index is 1.32. The summed E-state index contributed by atoms with van der Waals surface area (Å²) in [4.78, 5) is 16.0. The monoisotopic (exact) mass is 339 g/mol. The molecule has 2 heterocycles. The molecule has 2 amide bonds. The summed E-state index contributed by atoms with van der Waals surface area (Å²) in [5.41, 5.74) is 4.20. The minimum Gasteiger partial charge on any atom is -0.336 e. The van der Waals surface area contributed by atoms with Crippen LogP contribution in [0.3, 0.4) is 0 Å². The molecule has 3 aliphatic rings. The molecule has 4 nitrogen and oxygen atoms in total. The van der Waals surface area contributed by atoms with Gasteiger partial charge in [0, 0.05) is 32.7 Å². The average molecular weight is 339 g/mol. The van der Waals surface area contributed by atoms with E-state index in [0.717, 1.165) is 19.0 Å². The Hall–Kier alpha value is -1.81. The molecule has 0 aromatic heterocycles. The molecule has 0 spiro atoms. The van der Waals surface area contributed by atoms with Gasteiger partial charge >= 0.3 is 6.03 Å². The summed E-state index contributed by atoms with van der Waals surface area (Å²) in [5.74, 6) is 0. The number of likely N-dealkylation sites (tertiary alicyclic amines) is 1. The fourth-order valence-electron chi connectivity index (χ4n) is 4.17. The standard InChI is InChI=1S/C21H29N3O/c1-23-20(15-22-21(23)25)14-17-7-5-16(6-8-17)13-18-9-11-24(12-10-18)19-3-2-4-19/h5-8,13,19-20H,2-4,9-12,14-15H2,1H3,(H,22,25). The topological polar surface area (TPSA) is 35.6 Å². The van der Waals surface area contributed by atoms with Crippen LogP contribution in [0.4, 0.5) is 4.79 Å². The third-order valence-corrected chi connectivity index (χ3v) is 6.21. The predicted molar refractivity (Wildman–Crippen MR) is 102 cm³/mol. The fraction of sp³-hybridized carbons (Fsp3) is 0.571. The third kappa shape index (κ3) is 3.74. The number of nitrogens with zero attached hydrogens (tertiary/aromatic N) is 2. The molecule has 1 N–H and O–H groups in total. The number of urea groups is 1. The lowest BCUT2D eigenvalue weighted by atomic mass is 9.89. The second kappa shape index (κ2) is 7.20. The average Bonchev–Trinajstić information content (AvgIpc) is 2.89. The first-order chi connectivity index (χ1) is 12.2. The van der Waals surface area contributed by atoms with Crippen LogP contribution < -0.4 is 5.32 Å². The molecule has 1 aliphatic carbocycles. The Morgan fingerprint density at radius 1 is 1.16 bits per heavy atom. The van der Waals surface area contributed by atoms with E-state index in [-0.39, 0.29) is 12.1 Å². The molecule has 0 radical (unpaired) electrons. The number of likely N-dealkylation sites (N-methyl/N-ethyl adjacent to an activating group) is 1. The quantitative estimate of drug-likeness (QED) is 0.914. The summed E-state index contributed by atoms with van der Waals surface area (Å²) in [5, 5.41) is 2.90. The van der Waals surface area contributed by atoms with Crippen LogP contribution in [0.1, 0.15) is 43.2 Å². The maximum Gasteiger partial charge on any atom is 0.317 e. The van der Waals surface area contributed by atoms with Gasteiger partial charge < -0.3 is 10.2 Å². The van der Waals surface area contributed by atoms with Crippen molar-refractivity contribution in [2.75, 3.05) is 26.7 Å². The molecule has 2 saturated heterocycles. The lowest BCUT2D eigenvalue weighted by Gasteiger charge is -2.40. The maximum absolute atomic E-state index is 11.5. The second-order valence-electron chi connectivity index (χ2n) is 7.82. The minimum absolute atomic E-state index is 0.0413. The first-order valence-electron chi connectivity index (χ1n) is 9.72. The number of nitrogens with one attached hydrogen (secondary N) is 1. The zero-order chi connectivity index (χ0) is 17.2. The van der Waals surface area contributed by atoms with Crippen molar-refractivity contribution in [1.29, 1.82) is 0 Å². The van der Waals surface area contributed by atoms with E-state index in [4.69, 9.17) is 0 Å². The van der Waals surface area contributed by atoms with E-state index in [1.165, 1.54) is 56.3 Å². The van der Waals surface area contributed by atoms with E-state index in [0.29, 0.717) is 0 Å². The number of benzene rings is 1. The largest absolute Gasteiger partial charge is 0.336 e.